The van der Waals surface area contributed by atoms with Crippen molar-refractivity contribution in [2.75, 3.05) is 12.8 Å². The molecule has 1 nitrogen and oxygen atoms in total. The third-order valence-electron chi connectivity index (χ3n) is 3.08. The Labute approximate surface area is 128 Å². The zero-order valence-electron chi connectivity index (χ0n) is 11.3. The topological polar surface area (TPSA) is 12.0 Å². The quantitative estimate of drug-likeness (QED) is 0.794. The second-order valence-corrected chi connectivity index (χ2v) is 6.05. The van der Waals surface area contributed by atoms with Crippen LogP contribution in [0.15, 0.2) is 53.4 Å². The van der Waals surface area contributed by atoms with Crippen molar-refractivity contribution < 1.29 is 4.39 Å². The van der Waals surface area contributed by atoms with Crippen LogP contribution in [0.4, 0.5) is 4.39 Å². The largest absolute Gasteiger partial charge is 0.316 e. The lowest BCUT2D eigenvalue weighted by atomic mass is 10.1. The molecule has 1 N–H and O–H groups in total. The highest BCUT2D eigenvalue weighted by molar-refractivity contribution is 7.99. The van der Waals surface area contributed by atoms with E-state index in [1.807, 2.05) is 25.2 Å². The average molecular weight is 310 g/mol. The molecule has 0 aliphatic carbocycles. The summed E-state index contributed by atoms with van der Waals surface area (Å²) in [5, 5.41) is 3.78. The molecule has 0 aliphatic heterocycles. The second-order valence-electron chi connectivity index (χ2n) is 4.55. The van der Waals surface area contributed by atoms with Crippen molar-refractivity contribution in [3.05, 3.63) is 64.9 Å². The Balaban J connectivity index is 1.95. The molecule has 20 heavy (non-hydrogen) atoms. The Morgan fingerprint density at radius 3 is 2.60 bits per heavy atom. The van der Waals surface area contributed by atoms with Gasteiger partial charge in [-0.1, -0.05) is 35.9 Å². The summed E-state index contributed by atoms with van der Waals surface area (Å²) >= 11 is 7.87. The van der Waals surface area contributed by atoms with Crippen molar-refractivity contribution in [2.24, 2.45) is 0 Å². The molecule has 0 bridgehead atoms. The van der Waals surface area contributed by atoms with E-state index in [2.05, 4.69) is 17.4 Å². The highest BCUT2D eigenvalue weighted by Crippen LogP contribution is 2.22. The highest BCUT2D eigenvalue weighted by Gasteiger charge is 2.11. The van der Waals surface area contributed by atoms with Crippen molar-refractivity contribution in [1.29, 1.82) is 0 Å². The summed E-state index contributed by atoms with van der Waals surface area (Å²) in [5.41, 5.74) is 0.973. The predicted octanol–water partition coefficient (Wildman–Crippen LogP) is 4.40. The molecule has 0 fully saturated rings. The standard InChI is InChI=1S/C16H17ClFNS/c1-19-14(11-20-15-5-3-2-4-6-15)9-12-7-8-13(18)10-16(12)17/h2-8,10,14,19H,9,11H2,1H3. The maximum atomic E-state index is 13.0. The summed E-state index contributed by atoms with van der Waals surface area (Å²) in [6.07, 6.45) is 0.787. The fourth-order valence-electron chi connectivity index (χ4n) is 1.91. The highest BCUT2D eigenvalue weighted by atomic mass is 35.5. The summed E-state index contributed by atoms with van der Waals surface area (Å²) in [5.74, 6) is 0.646. The van der Waals surface area contributed by atoms with Gasteiger partial charge >= 0.3 is 0 Å². The Bertz CT molecular complexity index is 547. The van der Waals surface area contributed by atoms with Gasteiger partial charge in [-0.3, -0.25) is 0 Å². The minimum Gasteiger partial charge on any atom is -0.316 e. The lowest BCUT2D eigenvalue weighted by molar-refractivity contribution is 0.610. The zero-order valence-corrected chi connectivity index (χ0v) is 12.8. The van der Waals surface area contributed by atoms with Crippen LogP contribution >= 0.6 is 23.4 Å². The summed E-state index contributed by atoms with van der Waals surface area (Å²) in [6, 6.07) is 15.2. The van der Waals surface area contributed by atoms with E-state index < -0.39 is 0 Å². The lowest BCUT2D eigenvalue weighted by Crippen LogP contribution is -2.30. The summed E-state index contributed by atoms with van der Waals surface area (Å²) in [4.78, 5) is 1.25. The van der Waals surface area contributed by atoms with E-state index in [0.29, 0.717) is 11.1 Å². The van der Waals surface area contributed by atoms with Crippen LogP contribution in [0.25, 0.3) is 0 Å². The van der Waals surface area contributed by atoms with Crippen molar-refractivity contribution in [1.82, 2.24) is 5.32 Å². The SMILES string of the molecule is CNC(CSc1ccccc1)Cc1ccc(F)cc1Cl. The van der Waals surface area contributed by atoms with Gasteiger partial charge in [-0.2, -0.15) is 0 Å². The van der Waals surface area contributed by atoms with E-state index >= 15 is 0 Å². The van der Waals surface area contributed by atoms with Gasteiger partial charge in [0.25, 0.3) is 0 Å². The number of nitrogens with one attached hydrogen (secondary N) is 1. The fraction of sp³-hybridized carbons (Fsp3) is 0.250. The molecule has 4 heteroatoms. The minimum atomic E-state index is -0.293. The van der Waals surface area contributed by atoms with Gasteiger partial charge in [-0.15, -0.1) is 11.8 Å². The van der Waals surface area contributed by atoms with E-state index in [4.69, 9.17) is 11.6 Å². The van der Waals surface area contributed by atoms with E-state index in [9.17, 15) is 4.39 Å². The molecule has 0 heterocycles. The van der Waals surface area contributed by atoms with Crippen LogP contribution in [0.3, 0.4) is 0 Å². The molecular formula is C16H17ClFNS. The Kier molecular flexibility index (Phi) is 5.89. The van der Waals surface area contributed by atoms with E-state index in [-0.39, 0.29) is 5.82 Å². The van der Waals surface area contributed by atoms with Crippen LogP contribution in [0.5, 0.6) is 0 Å². The molecule has 0 saturated carbocycles. The van der Waals surface area contributed by atoms with Crippen LogP contribution < -0.4 is 5.32 Å². The number of hydrogen-bond acceptors (Lipinski definition) is 2. The lowest BCUT2D eigenvalue weighted by Gasteiger charge is -2.16. The molecule has 2 aromatic rings. The molecule has 0 aliphatic rings. The summed E-state index contributed by atoms with van der Waals surface area (Å²) in [6.45, 7) is 0. The number of rotatable bonds is 6. The third kappa shape index (κ3) is 4.51. The monoisotopic (exact) mass is 309 g/mol. The fourth-order valence-corrected chi connectivity index (χ4v) is 3.18. The normalized spacial score (nSPS) is 12.3. The molecule has 1 unspecified atom stereocenters. The Hall–Kier alpha value is -1.03. The number of halogens is 2. The minimum absolute atomic E-state index is 0.293. The summed E-state index contributed by atoms with van der Waals surface area (Å²) < 4.78 is 13.0. The second kappa shape index (κ2) is 7.67. The molecule has 0 radical (unpaired) electrons. The molecule has 0 aromatic heterocycles. The first-order valence-electron chi connectivity index (χ1n) is 6.48. The van der Waals surface area contributed by atoms with E-state index in [1.165, 1.54) is 17.0 Å². The van der Waals surface area contributed by atoms with Crippen molar-refractivity contribution in [3.63, 3.8) is 0 Å². The van der Waals surface area contributed by atoms with Gasteiger partial charge in [-0.25, -0.2) is 4.39 Å². The zero-order chi connectivity index (χ0) is 14.4. The van der Waals surface area contributed by atoms with Crippen LogP contribution in [0.1, 0.15) is 5.56 Å². The first-order chi connectivity index (χ1) is 9.69. The first-order valence-corrected chi connectivity index (χ1v) is 7.84. The van der Waals surface area contributed by atoms with Crippen molar-refractivity contribution in [3.8, 4) is 0 Å². The first kappa shape index (κ1) is 15.4. The molecule has 0 saturated heterocycles. The summed E-state index contributed by atoms with van der Waals surface area (Å²) in [7, 11) is 1.94. The smallest absolute Gasteiger partial charge is 0.124 e. The van der Waals surface area contributed by atoms with Gasteiger partial charge in [0.1, 0.15) is 5.82 Å². The number of likely N-dealkylation sites (N-methyl/N-ethyl adjacent to an activating group) is 1. The van der Waals surface area contributed by atoms with Crippen molar-refractivity contribution in [2.45, 2.75) is 17.4 Å². The van der Waals surface area contributed by atoms with Gasteiger partial charge in [0.15, 0.2) is 0 Å². The van der Waals surface area contributed by atoms with Gasteiger partial charge < -0.3 is 5.32 Å². The molecule has 0 amide bonds. The van der Waals surface area contributed by atoms with E-state index in [1.54, 1.807) is 17.8 Å². The van der Waals surface area contributed by atoms with Gasteiger partial charge in [0.05, 0.1) is 0 Å². The van der Waals surface area contributed by atoms with Crippen molar-refractivity contribution >= 4 is 23.4 Å². The molecule has 1 atom stereocenters. The van der Waals surface area contributed by atoms with Crippen LogP contribution in [0, 0.1) is 5.82 Å². The molecule has 0 spiro atoms. The average Bonchev–Trinajstić information content (AvgIpc) is 2.46. The molecule has 2 aromatic carbocycles. The Morgan fingerprint density at radius 2 is 1.95 bits per heavy atom. The van der Waals surface area contributed by atoms with Crippen LogP contribution in [0.2, 0.25) is 5.02 Å². The van der Waals surface area contributed by atoms with Gasteiger partial charge in [0.2, 0.25) is 0 Å². The van der Waals surface area contributed by atoms with Gasteiger partial charge in [-0.05, 0) is 43.3 Å². The number of thioether (sulfide) groups is 1. The Morgan fingerprint density at radius 1 is 1.20 bits per heavy atom. The van der Waals surface area contributed by atoms with Crippen LogP contribution in [-0.4, -0.2) is 18.8 Å². The van der Waals surface area contributed by atoms with Gasteiger partial charge in [0, 0.05) is 21.7 Å². The molecule has 106 valence electrons. The number of benzene rings is 2. The number of hydrogen-bond donors (Lipinski definition) is 1. The van der Waals surface area contributed by atoms with E-state index in [0.717, 1.165) is 17.7 Å². The van der Waals surface area contributed by atoms with Crippen LogP contribution in [-0.2, 0) is 6.42 Å². The molecule has 2 rings (SSSR count). The predicted molar refractivity (Wildman–Crippen MR) is 85.1 cm³/mol. The molecular weight excluding hydrogens is 293 g/mol. The third-order valence-corrected chi connectivity index (χ3v) is 4.61. The maximum Gasteiger partial charge on any atom is 0.124 e. The maximum absolute atomic E-state index is 13.0.